The Hall–Kier alpha value is -0.420. The summed E-state index contributed by atoms with van der Waals surface area (Å²) >= 11 is 0. The first-order valence-corrected chi connectivity index (χ1v) is 8.99. The SMILES string of the molecule is CCCCC1NC(C(C)C)N(C(C)CS(C)=O)C1=O. The Morgan fingerprint density at radius 3 is 2.47 bits per heavy atom. The van der Waals surface area contributed by atoms with Crippen molar-refractivity contribution >= 4 is 16.7 Å². The summed E-state index contributed by atoms with van der Waals surface area (Å²) in [6.07, 6.45) is 4.84. The zero-order valence-corrected chi connectivity index (χ0v) is 13.6. The Morgan fingerprint density at radius 2 is 2.00 bits per heavy atom. The average Bonchev–Trinajstić information content (AvgIpc) is 2.63. The quantitative estimate of drug-likeness (QED) is 0.776. The molecule has 1 heterocycles. The van der Waals surface area contributed by atoms with Gasteiger partial charge in [0.2, 0.25) is 5.91 Å². The number of carbonyl (C=O) groups is 1. The van der Waals surface area contributed by atoms with Crippen molar-refractivity contribution in [3.8, 4) is 0 Å². The molecule has 0 radical (unpaired) electrons. The van der Waals surface area contributed by atoms with Crippen LogP contribution in [0.3, 0.4) is 0 Å². The Morgan fingerprint density at radius 1 is 1.37 bits per heavy atom. The lowest BCUT2D eigenvalue weighted by atomic mass is 10.1. The maximum atomic E-state index is 12.5. The Balaban J connectivity index is 2.79. The molecule has 0 aromatic heterocycles. The van der Waals surface area contributed by atoms with Crippen LogP contribution in [0.15, 0.2) is 0 Å². The highest BCUT2D eigenvalue weighted by atomic mass is 32.2. The van der Waals surface area contributed by atoms with Crippen LogP contribution in [0, 0.1) is 5.92 Å². The van der Waals surface area contributed by atoms with Crippen molar-refractivity contribution < 1.29 is 9.00 Å². The van der Waals surface area contributed by atoms with Crippen molar-refractivity contribution in [1.29, 1.82) is 0 Å². The number of amides is 1. The number of nitrogens with one attached hydrogen (secondary N) is 1. The normalized spacial score (nSPS) is 27.1. The molecule has 4 unspecified atom stereocenters. The fraction of sp³-hybridized carbons (Fsp3) is 0.929. The van der Waals surface area contributed by atoms with Crippen molar-refractivity contribution in [2.45, 2.75) is 65.2 Å². The van der Waals surface area contributed by atoms with Gasteiger partial charge in [-0.15, -0.1) is 0 Å². The minimum Gasteiger partial charge on any atom is -0.322 e. The maximum absolute atomic E-state index is 12.5. The van der Waals surface area contributed by atoms with Gasteiger partial charge < -0.3 is 4.90 Å². The summed E-state index contributed by atoms with van der Waals surface area (Å²) in [5, 5.41) is 3.46. The summed E-state index contributed by atoms with van der Waals surface area (Å²) in [6.45, 7) is 8.38. The third-order valence-corrected chi connectivity index (χ3v) is 4.60. The third-order valence-electron chi connectivity index (χ3n) is 3.65. The number of carbonyl (C=O) groups excluding carboxylic acids is 1. The van der Waals surface area contributed by atoms with Gasteiger partial charge in [-0.25, -0.2) is 0 Å². The van der Waals surface area contributed by atoms with Gasteiger partial charge in [-0.1, -0.05) is 33.6 Å². The molecule has 0 bridgehead atoms. The van der Waals surface area contributed by atoms with Gasteiger partial charge in [0.1, 0.15) is 0 Å². The summed E-state index contributed by atoms with van der Waals surface area (Å²) in [4.78, 5) is 14.4. The Labute approximate surface area is 119 Å². The van der Waals surface area contributed by atoms with Crippen molar-refractivity contribution in [2.24, 2.45) is 5.92 Å². The molecule has 1 aliphatic heterocycles. The molecule has 1 amide bonds. The molecule has 0 saturated carbocycles. The molecule has 112 valence electrons. The van der Waals surface area contributed by atoms with E-state index < -0.39 is 10.8 Å². The van der Waals surface area contributed by atoms with Gasteiger partial charge in [-0.3, -0.25) is 14.3 Å². The van der Waals surface area contributed by atoms with E-state index >= 15 is 0 Å². The first-order chi connectivity index (χ1) is 8.88. The summed E-state index contributed by atoms with van der Waals surface area (Å²) in [6, 6.07) is -0.0232. The van der Waals surface area contributed by atoms with Crippen LogP contribution in [-0.4, -0.2) is 45.3 Å². The van der Waals surface area contributed by atoms with Crippen LogP contribution < -0.4 is 5.32 Å². The molecule has 4 nitrogen and oxygen atoms in total. The predicted octanol–water partition coefficient (Wildman–Crippen LogP) is 1.73. The molecule has 5 heteroatoms. The molecule has 0 spiro atoms. The zero-order valence-electron chi connectivity index (χ0n) is 12.8. The van der Waals surface area contributed by atoms with E-state index in [0.717, 1.165) is 19.3 Å². The third kappa shape index (κ3) is 4.28. The van der Waals surface area contributed by atoms with E-state index in [1.54, 1.807) is 6.26 Å². The van der Waals surface area contributed by atoms with Crippen molar-refractivity contribution in [3.63, 3.8) is 0 Å². The van der Waals surface area contributed by atoms with E-state index in [4.69, 9.17) is 0 Å². The van der Waals surface area contributed by atoms with Gasteiger partial charge in [-0.05, 0) is 19.3 Å². The highest BCUT2D eigenvalue weighted by Gasteiger charge is 2.42. The van der Waals surface area contributed by atoms with Crippen LogP contribution in [-0.2, 0) is 15.6 Å². The van der Waals surface area contributed by atoms with E-state index in [0.29, 0.717) is 11.7 Å². The second-order valence-corrected chi connectivity index (χ2v) is 7.36. The zero-order chi connectivity index (χ0) is 14.6. The van der Waals surface area contributed by atoms with Crippen LogP contribution in [0.1, 0.15) is 47.0 Å². The molecule has 4 atom stereocenters. The average molecular weight is 288 g/mol. The Kier molecular flexibility index (Phi) is 6.47. The van der Waals surface area contributed by atoms with Crippen molar-refractivity contribution in [1.82, 2.24) is 10.2 Å². The number of hydrogen-bond donors (Lipinski definition) is 1. The van der Waals surface area contributed by atoms with Gasteiger partial charge in [-0.2, -0.15) is 0 Å². The van der Waals surface area contributed by atoms with Crippen LogP contribution in [0.2, 0.25) is 0 Å². The van der Waals surface area contributed by atoms with Gasteiger partial charge in [0.05, 0.1) is 12.2 Å². The highest BCUT2D eigenvalue weighted by Crippen LogP contribution is 2.23. The Bertz CT molecular complexity index is 333. The number of rotatable bonds is 7. The van der Waals surface area contributed by atoms with Crippen molar-refractivity contribution in [3.05, 3.63) is 0 Å². The molecule has 1 aliphatic rings. The second kappa shape index (κ2) is 7.39. The van der Waals surface area contributed by atoms with Crippen LogP contribution in [0.25, 0.3) is 0 Å². The summed E-state index contributed by atoms with van der Waals surface area (Å²) in [7, 11) is -0.873. The first-order valence-electron chi connectivity index (χ1n) is 7.26. The van der Waals surface area contributed by atoms with E-state index in [-0.39, 0.29) is 24.2 Å². The van der Waals surface area contributed by atoms with Crippen molar-refractivity contribution in [2.75, 3.05) is 12.0 Å². The van der Waals surface area contributed by atoms with E-state index in [1.165, 1.54) is 0 Å². The predicted molar refractivity (Wildman–Crippen MR) is 80.3 cm³/mol. The molecular formula is C14H28N2O2S. The van der Waals surface area contributed by atoms with E-state index in [2.05, 4.69) is 26.1 Å². The van der Waals surface area contributed by atoms with Gasteiger partial charge in [0, 0.05) is 28.9 Å². The molecule has 1 N–H and O–H groups in total. The minimum absolute atomic E-state index is 0.0323. The summed E-state index contributed by atoms with van der Waals surface area (Å²) < 4.78 is 11.4. The second-order valence-electron chi connectivity index (χ2n) is 5.88. The lowest BCUT2D eigenvalue weighted by Crippen LogP contribution is -2.48. The van der Waals surface area contributed by atoms with Crippen LogP contribution in [0.5, 0.6) is 0 Å². The molecule has 19 heavy (non-hydrogen) atoms. The lowest BCUT2D eigenvalue weighted by molar-refractivity contribution is -0.132. The topological polar surface area (TPSA) is 49.4 Å². The van der Waals surface area contributed by atoms with Gasteiger partial charge in [0.25, 0.3) is 0 Å². The number of nitrogens with zero attached hydrogens (tertiary/aromatic N) is 1. The fourth-order valence-corrected chi connectivity index (χ4v) is 3.55. The molecule has 0 aromatic rings. The number of hydrogen-bond acceptors (Lipinski definition) is 3. The largest absolute Gasteiger partial charge is 0.322 e. The highest BCUT2D eigenvalue weighted by molar-refractivity contribution is 7.84. The molecule has 0 aliphatic carbocycles. The summed E-state index contributed by atoms with van der Waals surface area (Å²) in [5.74, 6) is 1.10. The standard InChI is InChI=1S/C14H28N2O2S/c1-6-7-8-12-14(17)16(11(4)9-19(5)18)13(15-12)10(2)3/h10-13,15H,6-9H2,1-5H3. The summed E-state index contributed by atoms with van der Waals surface area (Å²) in [5.41, 5.74) is 0. The monoisotopic (exact) mass is 288 g/mol. The van der Waals surface area contributed by atoms with E-state index in [9.17, 15) is 9.00 Å². The minimum atomic E-state index is -0.873. The molecule has 1 rings (SSSR count). The molecule has 1 fully saturated rings. The lowest BCUT2D eigenvalue weighted by Gasteiger charge is -2.32. The van der Waals surface area contributed by atoms with Crippen LogP contribution >= 0.6 is 0 Å². The molecule has 0 aromatic carbocycles. The molecular weight excluding hydrogens is 260 g/mol. The van der Waals surface area contributed by atoms with Gasteiger partial charge in [0.15, 0.2) is 0 Å². The smallest absolute Gasteiger partial charge is 0.241 e. The maximum Gasteiger partial charge on any atom is 0.241 e. The van der Waals surface area contributed by atoms with E-state index in [1.807, 2.05) is 11.8 Å². The molecule has 1 saturated heterocycles. The number of unbranched alkanes of at least 4 members (excludes halogenated alkanes) is 1. The fourth-order valence-electron chi connectivity index (χ4n) is 2.71. The van der Waals surface area contributed by atoms with Gasteiger partial charge >= 0.3 is 0 Å². The first kappa shape index (κ1) is 16.6. The van der Waals surface area contributed by atoms with Crippen LogP contribution in [0.4, 0.5) is 0 Å².